The van der Waals surface area contributed by atoms with E-state index in [1.807, 2.05) is 6.07 Å². The summed E-state index contributed by atoms with van der Waals surface area (Å²) in [5, 5.41) is 2.24. The lowest BCUT2D eigenvalue weighted by molar-refractivity contribution is 0.627. The molecule has 0 unspecified atom stereocenters. The summed E-state index contributed by atoms with van der Waals surface area (Å²) in [6.45, 7) is 0. The van der Waals surface area contributed by atoms with E-state index < -0.39 is 0 Å². The van der Waals surface area contributed by atoms with Crippen molar-refractivity contribution in [1.29, 1.82) is 0 Å². The minimum absolute atomic E-state index is 0.314. The minimum Gasteiger partial charge on any atom is -0.308 e. The number of rotatable bonds is 3. The third-order valence-corrected chi connectivity index (χ3v) is 8.70. The van der Waals surface area contributed by atoms with Crippen LogP contribution in [-0.4, -0.2) is 14.5 Å². The van der Waals surface area contributed by atoms with Crippen molar-refractivity contribution in [3.05, 3.63) is 151 Å². The number of para-hydroxylation sites is 2. The van der Waals surface area contributed by atoms with E-state index in [2.05, 4.69) is 89.5 Å². The van der Waals surface area contributed by atoms with Gasteiger partial charge in [-0.15, -0.1) is 0 Å². The Labute approximate surface area is 257 Å². The second-order valence-electron chi connectivity index (χ2n) is 11.3. The second-order valence-corrected chi connectivity index (χ2v) is 11.3. The van der Waals surface area contributed by atoms with E-state index in [9.17, 15) is 8.78 Å². The van der Waals surface area contributed by atoms with E-state index >= 15 is 0 Å². The standard InChI is InChI=1S/C40H23F2N3/c41-27-17-12-24(13-18-27)35-23-36(25-14-19-28(42)20-15-25)44-40(43-35)26-16-21-38-34(22-26)33-10-5-9-32-30-7-2-1-6-29(30)31-8-3-4-11-37(31)45(38)39(32)33/h1-23H. The fourth-order valence-corrected chi connectivity index (χ4v) is 6.64. The second kappa shape index (κ2) is 9.79. The van der Waals surface area contributed by atoms with Crippen LogP contribution in [0.25, 0.3) is 83.6 Å². The van der Waals surface area contributed by atoms with Crippen LogP contribution in [0.5, 0.6) is 0 Å². The van der Waals surface area contributed by atoms with Gasteiger partial charge in [-0.05, 0) is 90.0 Å². The van der Waals surface area contributed by atoms with Crippen LogP contribution in [0, 0.1) is 11.6 Å². The third kappa shape index (κ3) is 4.01. The van der Waals surface area contributed by atoms with Gasteiger partial charge in [-0.1, -0.05) is 60.7 Å². The maximum atomic E-state index is 13.8. The summed E-state index contributed by atoms with van der Waals surface area (Å²) in [5.41, 5.74) is 11.9. The van der Waals surface area contributed by atoms with E-state index in [1.54, 1.807) is 24.3 Å². The van der Waals surface area contributed by atoms with Crippen molar-refractivity contribution in [3.8, 4) is 61.8 Å². The summed E-state index contributed by atoms with van der Waals surface area (Å²) in [6, 6.07) is 44.4. The first-order valence-electron chi connectivity index (χ1n) is 14.8. The van der Waals surface area contributed by atoms with Crippen molar-refractivity contribution in [2.45, 2.75) is 0 Å². The molecule has 0 saturated heterocycles. The summed E-state index contributed by atoms with van der Waals surface area (Å²) in [7, 11) is 0. The molecule has 45 heavy (non-hydrogen) atoms. The highest BCUT2D eigenvalue weighted by Gasteiger charge is 2.24. The van der Waals surface area contributed by atoms with Crippen LogP contribution < -0.4 is 0 Å². The lowest BCUT2D eigenvalue weighted by Gasteiger charge is -2.12. The monoisotopic (exact) mass is 583 g/mol. The SMILES string of the molecule is Fc1ccc(-c2cc(-c3ccc(F)cc3)nc(-c3ccc4c(c3)c3cccc5c3n4-c3ccccc3-c3ccccc3-5)n2)cc1. The molecule has 6 aromatic carbocycles. The van der Waals surface area contributed by atoms with Crippen molar-refractivity contribution in [1.82, 2.24) is 14.5 Å². The van der Waals surface area contributed by atoms with Crippen LogP contribution in [0.3, 0.4) is 0 Å². The van der Waals surface area contributed by atoms with E-state index in [0.717, 1.165) is 44.2 Å². The molecule has 1 aliphatic rings. The molecule has 212 valence electrons. The first kappa shape index (κ1) is 25.5. The van der Waals surface area contributed by atoms with Crippen LogP contribution in [0.2, 0.25) is 0 Å². The molecule has 0 saturated carbocycles. The largest absolute Gasteiger partial charge is 0.308 e. The molecule has 0 radical (unpaired) electrons. The van der Waals surface area contributed by atoms with Gasteiger partial charge < -0.3 is 4.57 Å². The molecule has 1 aliphatic heterocycles. The van der Waals surface area contributed by atoms with Gasteiger partial charge in [0.25, 0.3) is 0 Å². The van der Waals surface area contributed by atoms with E-state index in [-0.39, 0.29) is 11.6 Å². The number of nitrogens with zero attached hydrogens (tertiary/aromatic N) is 3. The molecular weight excluding hydrogens is 560 g/mol. The normalized spacial score (nSPS) is 11.8. The Kier molecular flexibility index (Phi) is 5.56. The van der Waals surface area contributed by atoms with E-state index in [1.165, 1.54) is 46.5 Å². The fourth-order valence-electron chi connectivity index (χ4n) is 6.64. The summed E-state index contributed by atoms with van der Waals surface area (Å²) in [6.07, 6.45) is 0. The van der Waals surface area contributed by atoms with Crippen molar-refractivity contribution in [2.75, 3.05) is 0 Å². The predicted octanol–water partition coefficient (Wildman–Crippen LogP) is 10.5. The lowest BCUT2D eigenvalue weighted by atomic mass is 9.93. The Bertz CT molecular complexity index is 2380. The Morgan fingerprint density at radius 3 is 1.67 bits per heavy atom. The number of aromatic nitrogens is 3. The van der Waals surface area contributed by atoms with Crippen LogP contribution in [0.1, 0.15) is 0 Å². The first-order valence-corrected chi connectivity index (χ1v) is 14.8. The van der Waals surface area contributed by atoms with Crippen molar-refractivity contribution < 1.29 is 8.78 Å². The molecule has 2 aromatic heterocycles. The lowest BCUT2D eigenvalue weighted by Crippen LogP contribution is -1.97. The van der Waals surface area contributed by atoms with Gasteiger partial charge in [-0.3, -0.25) is 0 Å². The van der Waals surface area contributed by atoms with Gasteiger partial charge in [0.15, 0.2) is 5.82 Å². The number of halogens is 2. The Hall–Kier alpha value is -5.94. The molecule has 3 nitrogen and oxygen atoms in total. The molecule has 0 N–H and O–H groups in total. The number of hydrogen-bond donors (Lipinski definition) is 0. The molecule has 3 heterocycles. The Balaban J connectivity index is 1.31. The summed E-state index contributed by atoms with van der Waals surface area (Å²) in [4.78, 5) is 9.91. The van der Waals surface area contributed by atoms with Crippen molar-refractivity contribution in [3.63, 3.8) is 0 Å². The predicted molar refractivity (Wildman–Crippen MR) is 177 cm³/mol. The topological polar surface area (TPSA) is 30.7 Å². The van der Waals surface area contributed by atoms with Gasteiger partial charge in [0.1, 0.15) is 11.6 Å². The van der Waals surface area contributed by atoms with E-state index in [0.29, 0.717) is 17.2 Å². The Morgan fingerprint density at radius 2 is 1.00 bits per heavy atom. The number of fused-ring (bicyclic) bond motifs is 8. The van der Waals surface area contributed by atoms with Gasteiger partial charge in [-0.25, -0.2) is 18.7 Å². The van der Waals surface area contributed by atoms with Crippen LogP contribution in [0.4, 0.5) is 8.78 Å². The molecule has 0 aliphatic carbocycles. The van der Waals surface area contributed by atoms with Gasteiger partial charge in [0, 0.05) is 38.6 Å². The molecule has 0 spiro atoms. The first-order chi connectivity index (χ1) is 22.1. The average molecular weight is 584 g/mol. The summed E-state index contributed by atoms with van der Waals surface area (Å²) >= 11 is 0. The summed E-state index contributed by atoms with van der Waals surface area (Å²) < 4.78 is 30.0. The highest BCUT2D eigenvalue weighted by molar-refractivity contribution is 6.17. The molecule has 5 heteroatoms. The molecule has 0 fully saturated rings. The quantitative estimate of drug-likeness (QED) is 0.207. The minimum atomic E-state index is -0.314. The summed E-state index contributed by atoms with van der Waals surface area (Å²) in [5.74, 6) is -0.0938. The van der Waals surface area contributed by atoms with Crippen LogP contribution in [-0.2, 0) is 0 Å². The zero-order valence-corrected chi connectivity index (χ0v) is 23.9. The smallest absolute Gasteiger partial charge is 0.160 e. The van der Waals surface area contributed by atoms with E-state index in [4.69, 9.17) is 9.97 Å². The molecule has 0 atom stereocenters. The van der Waals surface area contributed by atoms with Crippen molar-refractivity contribution >= 4 is 21.8 Å². The molecule has 0 bridgehead atoms. The van der Waals surface area contributed by atoms with Crippen molar-refractivity contribution in [2.24, 2.45) is 0 Å². The maximum absolute atomic E-state index is 13.8. The van der Waals surface area contributed by atoms with Gasteiger partial charge >= 0.3 is 0 Å². The molecule has 9 rings (SSSR count). The zero-order chi connectivity index (χ0) is 30.1. The van der Waals surface area contributed by atoms with Gasteiger partial charge in [0.05, 0.1) is 28.1 Å². The van der Waals surface area contributed by atoms with Gasteiger partial charge in [0.2, 0.25) is 0 Å². The number of hydrogen-bond acceptors (Lipinski definition) is 2. The molecule has 8 aromatic rings. The van der Waals surface area contributed by atoms with Crippen LogP contribution >= 0.6 is 0 Å². The third-order valence-electron chi connectivity index (χ3n) is 8.70. The molecule has 0 amide bonds. The highest BCUT2D eigenvalue weighted by Crippen LogP contribution is 2.46. The maximum Gasteiger partial charge on any atom is 0.160 e. The number of benzene rings is 6. The zero-order valence-electron chi connectivity index (χ0n) is 23.9. The van der Waals surface area contributed by atoms with Gasteiger partial charge in [-0.2, -0.15) is 0 Å². The molecular formula is C40H23F2N3. The average Bonchev–Trinajstić information content (AvgIpc) is 3.36. The Morgan fingerprint density at radius 1 is 0.444 bits per heavy atom. The van der Waals surface area contributed by atoms with Crippen LogP contribution in [0.15, 0.2) is 140 Å². The fraction of sp³-hybridized carbons (Fsp3) is 0. The highest BCUT2D eigenvalue weighted by atomic mass is 19.1.